The van der Waals surface area contributed by atoms with Gasteiger partial charge in [0, 0.05) is 17.9 Å². The zero-order chi connectivity index (χ0) is 9.97. The van der Waals surface area contributed by atoms with Crippen LogP contribution in [0.2, 0.25) is 0 Å². The summed E-state index contributed by atoms with van der Waals surface area (Å²) in [6.07, 6.45) is 8.63. The molecular formula is C11H19N3. The molecule has 2 rings (SSSR count). The molecule has 0 aliphatic heterocycles. The Morgan fingerprint density at radius 3 is 2.79 bits per heavy atom. The van der Waals surface area contributed by atoms with Crippen LogP contribution in [0.1, 0.15) is 49.7 Å². The van der Waals surface area contributed by atoms with Crippen molar-refractivity contribution in [1.29, 1.82) is 0 Å². The monoisotopic (exact) mass is 193 g/mol. The van der Waals surface area contributed by atoms with Crippen molar-refractivity contribution in [2.75, 3.05) is 0 Å². The lowest BCUT2D eigenvalue weighted by atomic mass is 9.95. The van der Waals surface area contributed by atoms with Crippen LogP contribution in [0.5, 0.6) is 0 Å². The van der Waals surface area contributed by atoms with Gasteiger partial charge in [-0.25, -0.2) is 4.98 Å². The van der Waals surface area contributed by atoms with E-state index in [9.17, 15) is 0 Å². The SMILES string of the molecule is Cc1cnc(CN)n1C1CCCCC1. The van der Waals surface area contributed by atoms with Crippen LogP contribution in [0, 0.1) is 6.92 Å². The first-order valence-electron chi connectivity index (χ1n) is 5.55. The predicted molar refractivity (Wildman–Crippen MR) is 57.0 cm³/mol. The first kappa shape index (κ1) is 9.71. The Kier molecular flexibility index (Phi) is 2.87. The summed E-state index contributed by atoms with van der Waals surface area (Å²) in [6.45, 7) is 2.69. The molecule has 1 aromatic rings. The average Bonchev–Trinajstić information content (AvgIpc) is 2.61. The van der Waals surface area contributed by atoms with E-state index in [1.807, 2.05) is 6.20 Å². The summed E-state index contributed by atoms with van der Waals surface area (Å²) in [4.78, 5) is 4.35. The molecule has 0 saturated heterocycles. The molecule has 1 heterocycles. The Balaban J connectivity index is 2.23. The molecule has 0 radical (unpaired) electrons. The standard InChI is InChI=1S/C11H19N3/c1-9-8-13-11(7-12)14(9)10-5-3-2-4-6-10/h8,10H,2-7,12H2,1H3. The van der Waals surface area contributed by atoms with Crippen molar-refractivity contribution in [3.63, 3.8) is 0 Å². The van der Waals surface area contributed by atoms with Crippen LogP contribution >= 0.6 is 0 Å². The van der Waals surface area contributed by atoms with Crippen molar-refractivity contribution in [2.24, 2.45) is 5.73 Å². The minimum Gasteiger partial charge on any atom is -0.328 e. The molecule has 0 unspecified atom stereocenters. The molecule has 1 saturated carbocycles. The number of nitrogens with zero attached hydrogens (tertiary/aromatic N) is 2. The molecule has 78 valence electrons. The number of hydrogen-bond acceptors (Lipinski definition) is 2. The molecule has 0 spiro atoms. The fourth-order valence-corrected chi connectivity index (χ4v) is 2.48. The second kappa shape index (κ2) is 4.13. The van der Waals surface area contributed by atoms with Gasteiger partial charge in [-0.15, -0.1) is 0 Å². The van der Waals surface area contributed by atoms with Gasteiger partial charge in [-0.05, 0) is 19.8 Å². The molecule has 1 aliphatic rings. The molecule has 3 nitrogen and oxygen atoms in total. The molecule has 0 atom stereocenters. The van der Waals surface area contributed by atoms with Crippen LogP contribution < -0.4 is 5.73 Å². The molecule has 1 aromatic heterocycles. The van der Waals surface area contributed by atoms with Crippen molar-refractivity contribution >= 4 is 0 Å². The van der Waals surface area contributed by atoms with E-state index in [1.165, 1.54) is 37.8 Å². The maximum atomic E-state index is 5.69. The molecule has 1 fully saturated rings. The van der Waals surface area contributed by atoms with Gasteiger partial charge >= 0.3 is 0 Å². The van der Waals surface area contributed by atoms with Crippen molar-refractivity contribution in [3.05, 3.63) is 17.7 Å². The zero-order valence-corrected chi connectivity index (χ0v) is 8.87. The Labute approximate surface area is 85.3 Å². The summed E-state index contributed by atoms with van der Waals surface area (Å²) in [6, 6.07) is 0.657. The quantitative estimate of drug-likeness (QED) is 0.782. The van der Waals surface area contributed by atoms with Crippen molar-refractivity contribution in [3.8, 4) is 0 Å². The third-order valence-corrected chi connectivity index (χ3v) is 3.18. The highest BCUT2D eigenvalue weighted by atomic mass is 15.1. The summed E-state index contributed by atoms with van der Waals surface area (Å²) in [5.74, 6) is 1.05. The van der Waals surface area contributed by atoms with E-state index >= 15 is 0 Å². The summed E-state index contributed by atoms with van der Waals surface area (Å²) in [7, 11) is 0. The van der Waals surface area contributed by atoms with Crippen LogP contribution in [-0.4, -0.2) is 9.55 Å². The lowest BCUT2D eigenvalue weighted by molar-refractivity contribution is 0.341. The number of nitrogens with two attached hydrogens (primary N) is 1. The molecule has 2 N–H and O–H groups in total. The number of aromatic nitrogens is 2. The van der Waals surface area contributed by atoms with E-state index in [-0.39, 0.29) is 0 Å². The highest BCUT2D eigenvalue weighted by molar-refractivity contribution is 5.05. The molecule has 3 heteroatoms. The Bertz CT molecular complexity index is 297. The normalized spacial score (nSPS) is 18.7. The van der Waals surface area contributed by atoms with Gasteiger partial charge in [0.25, 0.3) is 0 Å². The van der Waals surface area contributed by atoms with Gasteiger partial charge in [-0.1, -0.05) is 19.3 Å². The van der Waals surface area contributed by atoms with E-state index in [4.69, 9.17) is 5.73 Å². The minimum absolute atomic E-state index is 0.560. The molecular weight excluding hydrogens is 174 g/mol. The van der Waals surface area contributed by atoms with Crippen molar-refractivity contribution in [2.45, 2.75) is 51.6 Å². The third-order valence-electron chi connectivity index (χ3n) is 3.18. The summed E-state index contributed by atoms with van der Waals surface area (Å²) >= 11 is 0. The maximum Gasteiger partial charge on any atom is 0.122 e. The zero-order valence-electron chi connectivity index (χ0n) is 8.87. The van der Waals surface area contributed by atoms with E-state index in [0.717, 1.165) is 5.82 Å². The summed E-state index contributed by atoms with van der Waals surface area (Å²) in [5, 5.41) is 0. The Morgan fingerprint density at radius 2 is 2.14 bits per heavy atom. The smallest absolute Gasteiger partial charge is 0.122 e. The number of aryl methyl sites for hydroxylation is 1. The van der Waals surface area contributed by atoms with E-state index in [0.29, 0.717) is 12.6 Å². The van der Waals surface area contributed by atoms with Gasteiger partial charge in [0.1, 0.15) is 5.82 Å². The summed E-state index contributed by atoms with van der Waals surface area (Å²) in [5.41, 5.74) is 6.95. The molecule has 0 amide bonds. The van der Waals surface area contributed by atoms with Crippen molar-refractivity contribution < 1.29 is 0 Å². The van der Waals surface area contributed by atoms with Crippen molar-refractivity contribution in [1.82, 2.24) is 9.55 Å². The number of rotatable bonds is 2. The van der Waals surface area contributed by atoms with Crippen LogP contribution in [0.15, 0.2) is 6.20 Å². The van der Waals surface area contributed by atoms with Gasteiger partial charge in [0.05, 0.1) is 6.54 Å². The van der Waals surface area contributed by atoms with Gasteiger partial charge in [-0.2, -0.15) is 0 Å². The second-order valence-corrected chi connectivity index (χ2v) is 4.18. The third kappa shape index (κ3) is 1.69. The number of imidazole rings is 1. The van der Waals surface area contributed by atoms with E-state index in [1.54, 1.807) is 0 Å². The van der Waals surface area contributed by atoms with Gasteiger partial charge in [-0.3, -0.25) is 0 Å². The maximum absolute atomic E-state index is 5.69. The van der Waals surface area contributed by atoms with E-state index in [2.05, 4.69) is 16.5 Å². The molecule has 1 aliphatic carbocycles. The molecule has 0 aromatic carbocycles. The Morgan fingerprint density at radius 1 is 1.43 bits per heavy atom. The predicted octanol–water partition coefficient (Wildman–Crippen LogP) is 2.16. The van der Waals surface area contributed by atoms with Crippen LogP contribution in [-0.2, 0) is 6.54 Å². The fraction of sp³-hybridized carbons (Fsp3) is 0.727. The van der Waals surface area contributed by atoms with Gasteiger partial charge in [0.2, 0.25) is 0 Å². The largest absolute Gasteiger partial charge is 0.328 e. The minimum atomic E-state index is 0.560. The van der Waals surface area contributed by atoms with Gasteiger partial charge in [0.15, 0.2) is 0 Å². The second-order valence-electron chi connectivity index (χ2n) is 4.18. The molecule has 14 heavy (non-hydrogen) atoms. The van der Waals surface area contributed by atoms with Crippen LogP contribution in [0.4, 0.5) is 0 Å². The lowest BCUT2D eigenvalue weighted by Crippen LogP contribution is -2.18. The number of hydrogen-bond donors (Lipinski definition) is 1. The molecule has 0 bridgehead atoms. The Hall–Kier alpha value is -0.830. The highest BCUT2D eigenvalue weighted by Crippen LogP contribution is 2.29. The highest BCUT2D eigenvalue weighted by Gasteiger charge is 2.18. The van der Waals surface area contributed by atoms with E-state index < -0.39 is 0 Å². The lowest BCUT2D eigenvalue weighted by Gasteiger charge is -2.25. The average molecular weight is 193 g/mol. The van der Waals surface area contributed by atoms with Crippen LogP contribution in [0.3, 0.4) is 0 Å². The van der Waals surface area contributed by atoms with Crippen LogP contribution in [0.25, 0.3) is 0 Å². The summed E-state index contributed by atoms with van der Waals surface area (Å²) < 4.78 is 2.35. The first-order chi connectivity index (χ1) is 6.83. The van der Waals surface area contributed by atoms with Gasteiger partial charge < -0.3 is 10.3 Å². The topological polar surface area (TPSA) is 43.8 Å². The first-order valence-corrected chi connectivity index (χ1v) is 5.55. The fourth-order valence-electron chi connectivity index (χ4n) is 2.48.